The number of benzene rings is 1. The van der Waals surface area contributed by atoms with Gasteiger partial charge in [0, 0.05) is 4.57 Å². The molecule has 0 atom stereocenters. The average molecular weight is 253 g/mol. The lowest BCUT2D eigenvalue weighted by Crippen LogP contribution is -2.05. The van der Waals surface area contributed by atoms with Gasteiger partial charge in [0.1, 0.15) is 5.75 Å². The Morgan fingerprint density at radius 3 is 1.93 bits per heavy atom. The SMILES string of the molecule is CS(=O)(=O)Oc1ccccc1.O=[P+](O)O. The second-order valence-electron chi connectivity index (χ2n) is 2.35. The van der Waals surface area contributed by atoms with E-state index in [1.165, 1.54) is 0 Å². The van der Waals surface area contributed by atoms with Crippen LogP contribution in [-0.2, 0) is 14.7 Å². The normalized spacial score (nSPS) is 9.80. The minimum absolute atomic E-state index is 0.343. The first-order valence-electron chi connectivity index (χ1n) is 3.61. The van der Waals surface area contributed by atoms with Gasteiger partial charge in [-0.2, -0.15) is 8.42 Å². The lowest BCUT2D eigenvalue weighted by molar-refractivity contribution is 0.405. The molecule has 0 aliphatic heterocycles. The van der Waals surface area contributed by atoms with E-state index in [4.69, 9.17) is 14.4 Å². The van der Waals surface area contributed by atoms with E-state index < -0.39 is 18.4 Å². The lowest BCUT2D eigenvalue weighted by atomic mass is 10.3. The molecule has 8 heteroatoms. The first-order chi connectivity index (χ1) is 6.81. The Morgan fingerprint density at radius 2 is 1.60 bits per heavy atom. The van der Waals surface area contributed by atoms with Crippen LogP contribution in [0.15, 0.2) is 30.3 Å². The van der Waals surface area contributed by atoms with Gasteiger partial charge in [-0.3, -0.25) is 0 Å². The zero-order valence-electron chi connectivity index (χ0n) is 7.77. The number of rotatable bonds is 2. The highest BCUT2D eigenvalue weighted by Crippen LogP contribution is 2.09. The summed E-state index contributed by atoms with van der Waals surface area (Å²) in [6.45, 7) is 0. The molecule has 84 valence electrons. The highest BCUT2D eigenvalue weighted by molar-refractivity contribution is 7.86. The molecule has 0 heterocycles. The smallest absolute Gasteiger partial charge is 0.383 e. The van der Waals surface area contributed by atoms with Crippen LogP contribution in [0.1, 0.15) is 0 Å². The maximum absolute atomic E-state index is 10.6. The van der Waals surface area contributed by atoms with Gasteiger partial charge in [-0.25, -0.2) is 0 Å². The summed E-state index contributed by atoms with van der Waals surface area (Å²) < 4.78 is 34.4. The van der Waals surface area contributed by atoms with Gasteiger partial charge < -0.3 is 4.18 Å². The first-order valence-corrected chi connectivity index (χ1v) is 6.59. The molecule has 6 nitrogen and oxygen atoms in total. The summed E-state index contributed by atoms with van der Waals surface area (Å²) >= 11 is 0. The molecule has 0 bridgehead atoms. The minimum atomic E-state index is -3.38. The molecule has 1 aromatic carbocycles. The monoisotopic (exact) mass is 253 g/mol. The molecule has 0 amide bonds. The second kappa shape index (κ2) is 6.47. The van der Waals surface area contributed by atoms with E-state index in [1.807, 2.05) is 0 Å². The van der Waals surface area contributed by atoms with Crippen LogP contribution in [0.4, 0.5) is 0 Å². The van der Waals surface area contributed by atoms with E-state index in [9.17, 15) is 8.42 Å². The van der Waals surface area contributed by atoms with E-state index in [0.29, 0.717) is 5.75 Å². The van der Waals surface area contributed by atoms with Gasteiger partial charge in [0.25, 0.3) is 0 Å². The molecular formula is C7H10O6PS+. The van der Waals surface area contributed by atoms with E-state index in [0.717, 1.165) is 6.26 Å². The Balaban J connectivity index is 0.000000423. The molecular weight excluding hydrogens is 243 g/mol. The van der Waals surface area contributed by atoms with Crippen molar-refractivity contribution >= 4 is 18.4 Å². The topological polar surface area (TPSA) is 101 Å². The molecule has 0 aliphatic rings. The van der Waals surface area contributed by atoms with Crippen molar-refractivity contribution < 1.29 is 27.0 Å². The molecule has 2 N–H and O–H groups in total. The predicted octanol–water partition coefficient (Wildman–Crippen LogP) is 0.653. The van der Waals surface area contributed by atoms with Crippen molar-refractivity contribution in [3.63, 3.8) is 0 Å². The molecule has 0 saturated heterocycles. The molecule has 0 aliphatic carbocycles. The first kappa shape index (κ1) is 14.0. The Hall–Kier alpha value is -1.01. The van der Waals surface area contributed by atoms with Gasteiger partial charge in [0.15, 0.2) is 0 Å². The molecule has 0 spiro atoms. The van der Waals surface area contributed by atoms with E-state index in [2.05, 4.69) is 4.18 Å². The van der Waals surface area contributed by atoms with Crippen LogP contribution < -0.4 is 4.18 Å². The summed E-state index contributed by atoms with van der Waals surface area (Å²) in [5, 5.41) is 0. The van der Waals surface area contributed by atoms with E-state index in [-0.39, 0.29) is 0 Å². The fourth-order valence-electron chi connectivity index (χ4n) is 0.651. The fraction of sp³-hybridized carbons (Fsp3) is 0.143. The summed E-state index contributed by atoms with van der Waals surface area (Å²) in [4.78, 5) is 14.2. The second-order valence-corrected chi connectivity index (χ2v) is 4.43. The predicted molar refractivity (Wildman–Crippen MR) is 54.0 cm³/mol. The zero-order valence-corrected chi connectivity index (χ0v) is 9.48. The van der Waals surface area contributed by atoms with Gasteiger partial charge >= 0.3 is 18.4 Å². The average Bonchev–Trinajstić information content (AvgIpc) is 2.01. The molecule has 15 heavy (non-hydrogen) atoms. The van der Waals surface area contributed by atoms with Gasteiger partial charge in [-0.15, -0.1) is 9.79 Å². The van der Waals surface area contributed by atoms with Crippen LogP contribution in [0.3, 0.4) is 0 Å². The Bertz CT molecular complexity index is 397. The van der Waals surface area contributed by atoms with Crippen molar-refractivity contribution in [3.05, 3.63) is 30.3 Å². The van der Waals surface area contributed by atoms with E-state index >= 15 is 0 Å². The Labute approximate surface area is 88.2 Å². The highest BCUT2D eigenvalue weighted by Gasteiger charge is 2.01. The van der Waals surface area contributed by atoms with Crippen molar-refractivity contribution in [2.45, 2.75) is 0 Å². The van der Waals surface area contributed by atoms with Crippen LogP contribution >= 0.6 is 8.25 Å². The third-order valence-corrected chi connectivity index (χ3v) is 1.49. The van der Waals surface area contributed by atoms with Crippen LogP contribution in [0.2, 0.25) is 0 Å². The van der Waals surface area contributed by atoms with Crippen LogP contribution in [0, 0.1) is 0 Å². The molecule has 1 aromatic rings. The Morgan fingerprint density at radius 1 is 1.20 bits per heavy atom. The largest absolute Gasteiger partial charge is 0.692 e. The van der Waals surface area contributed by atoms with Crippen LogP contribution in [0.5, 0.6) is 5.75 Å². The summed E-state index contributed by atoms with van der Waals surface area (Å²) in [7, 11) is -6.25. The summed E-state index contributed by atoms with van der Waals surface area (Å²) in [5.74, 6) is 0.343. The van der Waals surface area contributed by atoms with Gasteiger partial charge in [0.05, 0.1) is 6.26 Å². The number of hydrogen-bond donors (Lipinski definition) is 2. The zero-order chi connectivity index (χ0) is 11.9. The molecule has 1 rings (SSSR count). The Kier molecular flexibility index (Phi) is 6.03. The van der Waals surface area contributed by atoms with Crippen molar-refractivity contribution in [2.75, 3.05) is 6.26 Å². The van der Waals surface area contributed by atoms with Crippen molar-refractivity contribution in [1.82, 2.24) is 0 Å². The molecule has 0 unspecified atom stereocenters. The maximum Gasteiger partial charge on any atom is 0.692 e. The van der Waals surface area contributed by atoms with Gasteiger partial charge in [-0.1, -0.05) is 18.2 Å². The van der Waals surface area contributed by atoms with E-state index in [1.54, 1.807) is 30.3 Å². The molecule has 0 saturated carbocycles. The van der Waals surface area contributed by atoms with Crippen molar-refractivity contribution in [3.8, 4) is 5.75 Å². The lowest BCUT2D eigenvalue weighted by Gasteiger charge is -1.99. The number of para-hydroxylation sites is 1. The van der Waals surface area contributed by atoms with Crippen LogP contribution in [0.25, 0.3) is 0 Å². The summed E-state index contributed by atoms with van der Waals surface area (Å²) in [6, 6.07) is 8.37. The molecule has 0 fully saturated rings. The standard InChI is InChI=1S/C7H8O3S.HO3P/c1-11(8,9)10-7-5-3-2-4-6-7;1-4(2)3/h2-6H,1H3;(H-,1,2,3)/p+1. The summed E-state index contributed by atoms with van der Waals surface area (Å²) in [5.41, 5.74) is 0. The summed E-state index contributed by atoms with van der Waals surface area (Å²) in [6.07, 6.45) is 1.01. The van der Waals surface area contributed by atoms with Crippen LogP contribution in [-0.4, -0.2) is 24.5 Å². The third kappa shape index (κ3) is 10.9. The van der Waals surface area contributed by atoms with Gasteiger partial charge in [-0.05, 0) is 12.1 Å². The quantitative estimate of drug-likeness (QED) is 0.593. The van der Waals surface area contributed by atoms with Crippen molar-refractivity contribution in [2.24, 2.45) is 0 Å². The number of hydrogen-bond acceptors (Lipinski definition) is 4. The minimum Gasteiger partial charge on any atom is -0.383 e. The maximum atomic E-state index is 10.6. The third-order valence-electron chi connectivity index (χ3n) is 0.991. The van der Waals surface area contributed by atoms with Gasteiger partial charge in [0.2, 0.25) is 0 Å². The van der Waals surface area contributed by atoms with Crippen molar-refractivity contribution in [1.29, 1.82) is 0 Å². The highest BCUT2D eigenvalue weighted by atomic mass is 32.2. The fourth-order valence-corrected chi connectivity index (χ4v) is 1.11. The molecule has 0 aromatic heterocycles. The molecule has 0 radical (unpaired) electrons.